The van der Waals surface area contributed by atoms with E-state index in [-0.39, 0.29) is 17.3 Å². The smallest absolute Gasteiger partial charge is 0.306 e. The van der Waals surface area contributed by atoms with Crippen molar-refractivity contribution in [3.8, 4) is 0 Å². The van der Waals surface area contributed by atoms with Crippen molar-refractivity contribution in [3.63, 3.8) is 0 Å². The third-order valence-electron chi connectivity index (χ3n) is 4.18. The molecular formula is C14H24O2. The van der Waals surface area contributed by atoms with Crippen molar-refractivity contribution in [3.05, 3.63) is 11.1 Å². The van der Waals surface area contributed by atoms with Crippen LogP contribution in [0.3, 0.4) is 0 Å². The maximum absolute atomic E-state index is 11.2. The van der Waals surface area contributed by atoms with E-state index in [9.17, 15) is 9.90 Å². The Morgan fingerprint density at radius 1 is 1.56 bits per heavy atom. The van der Waals surface area contributed by atoms with Crippen LogP contribution in [0, 0.1) is 17.3 Å². The third-order valence-corrected chi connectivity index (χ3v) is 4.18. The van der Waals surface area contributed by atoms with Crippen LogP contribution in [0.25, 0.3) is 0 Å². The summed E-state index contributed by atoms with van der Waals surface area (Å²) in [6.45, 7) is 10.6. The number of carboxylic acid groups (broad SMARTS) is 1. The summed E-state index contributed by atoms with van der Waals surface area (Å²) < 4.78 is 0. The fraction of sp³-hybridized carbons (Fsp3) is 0.786. The van der Waals surface area contributed by atoms with Gasteiger partial charge in [-0.15, -0.1) is 0 Å². The molecule has 0 aromatic carbocycles. The van der Waals surface area contributed by atoms with E-state index in [1.165, 1.54) is 11.1 Å². The van der Waals surface area contributed by atoms with Crippen molar-refractivity contribution in [1.82, 2.24) is 0 Å². The minimum atomic E-state index is -0.668. The fourth-order valence-electron chi connectivity index (χ4n) is 3.21. The number of carbonyl (C=O) groups is 1. The predicted octanol–water partition coefficient (Wildman–Crippen LogP) is 3.87. The summed E-state index contributed by atoms with van der Waals surface area (Å²) in [5.41, 5.74) is 2.91. The molecule has 0 heterocycles. The summed E-state index contributed by atoms with van der Waals surface area (Å²) in [6.07, 6.45) is 3.21. The first kappa shape index (κ1) is 13.3. The quantitative estimate of drug-likeness (QED) is 0.739. The lowest BCUT2D eigenvalue weighted by Gasteiger charge is -2.43. The first-order valence-electron chi connectivity index (χ1n) is 6.22. The van der Waals surface area contributed by atoms with E-state index in [2.05, 4.69) is 27.7 Å². The van der Waals surface area contributed by atoms with Crippen molar-refractivity contribution in [1.29, 1.82) is 0 Å². The summed E-state index contributed by atoms with van der Waals surface area (Å²) >= 11 is 0. The highest BCUT2D eigenvalue weighted by molar-refractivity contribution is 5.70. The molecule has 0 saturated heterocycles. The maximum Gasteiger partial charge on any atom is 0.306 e. The average molecular weight is 224 g/mol. The average Bonchev–Trinajstić information content (AvgIpc) is 2.19. The summed E-state index contributed by atoms with van der Waals surface area (Å²) in [5, 5.41) is 9.24. The molecular weight excluding hydrogens is 200 g/mol. The first-order chi connectivity index (χ1) is 7.31. The zero-order valence-electron chi connectivity index (χ0n) is 11.1. The van der Waals surface area contributed by atoms with Gasteiger partial charge in [0.1, 0.15) is 0 Å². The molecule has 16 heavy (non-hydrogen) atoms. The molecule has 0 fully saturated rings. The highest BCUT2D eigenvalue weighted by Gasteiger charge is 2.41. The fourth-order valence-corrected chi connectivity index (χ4v) is 3.21. The van der Waals surface area contributed by atoms with Crippen molar-refractivity contribution in [2.45, 2.75) is 53.9 Å². The molecule has 0 spiro atoms. The van der Waals surface area contributed by atoms with Crippen LogP contribution in [-0.4, -0.2) is 11.1 Å². The highest BCUT2D eigenvalue weighted by Crippen LogP contribution is 2.48. The van der Waals surface area contributed by atoms with Gasteiger partial charge in [0.05, 0.1) is 5.92 Å². The molecule has 1 N–H and O–H groups in total. The Bertz CT molecular complexity index is 313. The van der Waals surface area contributed by atoms with Crippen LogP contribution >= 0.6 is 0 Å². The molecule has 0 aliphatic heterocycles. The summed E-state index contributed by atoms with van der Waals surface area (Å²) in [5.74, 6) is -0.748. The SMILES string of the molecule is CCC1=C(C)CCC(C)(C)C1C(C)C(=O)O. The Balaban J connectivity index is 3.15. The molecule has 2 atom stereocenters. The van der Waals surface area contributed by atoms with E-state index in [0.29, 0.717) is 0 Å². The molecule has 0 aromatic rings. The largest absolute Gasteiger partial charge is 0.481 e. The van der Waals surface area contributed by atoms with E-state index < -0.39 is 5.97 Å². The van der Waals surface area contributed by atoms with E-state index >= 15 is 0 Å². The lowest BCUT2D eigenvalue weighted by Crippen LogP contribution is -2.37. The summed E-state index contributed by atoms with van der Waals surface area (Å²) in [6, 6.07) is 0. The van der Waals surface area contributed by atoms with Crippen molar-refractivity contribution >= 4 is 5.97 Å². The predicted molar refractivity (Wildman–Crippen MR) is 66.3 cm³/mol. The molecule has 2 nitrogen and oxygen atoms in total. The van der Waals surface area contributed by atoms with Gasteiger partial charge in [-0.05, 0) is 37.5 Å². The number of aliphatic carboxylic acids is 1. The van der Waals surface area contributed by atoms with Gasteiger partial charge in [0, 0.05) is 0 Å². The second-order valence-corrected chi connectivity index (χ2v) is 5.75. The standard InChI is InChI=1S/C14H24O2/c1-6-11-9(2)7-8-14(4,5)12(11)10(3)13(15)16/h10,12H,6-8H2,1-5H3,(H,15,16). The van der Waals surface area contributed by atoms with Gasteiger partial charge in [0.2, 0.25) is 0 Å². The second kappa shape index (κ2) is 4.60. The Morgan fingerprint density at radius 2 is 2.12 bits per heavy atom. The molecule has 0 amide bonds. The lowest BCUT2D eigenvalue weighted by atomic mass is 9.61. The Hall–Kier alpha value is -0.790. The van der Waals surface area contributed by atoms with Crippen molar-refractivity contribution < 1.29 is 9.90 Å². The minimum absolute atomic E-state index is 0.114. The molecule has 2 unspecified atom stereocenters. The van der Waals surface area contributed by atoms with E-state index in [1.807, 2.05) is 6.92 Å². The molecule has 92 valence electrons. The molecule has 0 saturated carbocycles. The van der Waals surface area contributed by atoms with Gasteiger partial charge in [0.15, 0.2) is 0 Å². The summed E-state index contributed by atoms with van der Waals surface area (Å²) in [4.78, 5) is 11.2. The Labute approximate surface area is 98.7 Å². The lowest BCUT2D eigenvalue weighted by molar-refractivity contribution is -0.144. The normalized spacial score (nSPS) is 26.7. The Kier molecular flexibility index (Phi) is 3.82. The van der Waals surface area contributed by atoms with Crippen molar-refractivity contribution in [2.75, 3.05) is 0 Å². The second-order valence-electron chi connectivity index (χ2n) is 5.75. The van der Waals surface area contributed by atoms with Crippen LogP contribution in [0.5, 0.6) is 0 Å². The van der Waals surface area contributed by atoms with Crippen molar-refractivity contribution in [2.24, 2.45) is 17.3 Å². The maximum atomic E-state index is 11.2. The minimum Gasteiger partial charge on any atom is -0.481 e. The van der Waals surface area contributed by atoms with Crippen LogP contribution in [0.4, 0.5) is 0 Å². The van der Waals surface area contributed by atoms with Gasteiger partial charge in [-0.25, -0.2) is 0 Å². The molecule has 0 aromatic heterocycles. The number of hydrogen-bond acceptors (Lipinski definition) is 1. The molecule has 2 heteroatoms. The van der Waals surface area contributed by atoms with Gasteiger partial charge in [-0.3, -0.25) is 4.79 Å². The molecule has 1 aliphatic carbocycles. The van der Waals surface area contributed by atoms with Gasteiger partial charge in [-0.1, -0.05) is 38.8 Å². The van der Waals surface area contributed by atoms with E-state index in [1.54, 1.807) is 0 Å². The van der Waals surface area contributed by atoms with Gasteiger partial charge in [0.25, 0.3) is 0 Å². The summed E-state index contributed by atoms with van der Waals surface area (Å²) in [7, 11) is 0. The third kappa shape index (κ3) is 2.31. The van der Waals surface area contributed by atoms with Gasteiger partial charge in [-0.2, -0.15) is 0 Å². The van der Waals surface area contributed by atoms with Crippen LogP contribution < -0.4 is 0 Å². The molecule has 0 bridgehead atoms. The van der Waals surface area contributed by atoms with Crippen LogP contribution in [-0.2, 0) is 4.79 Å². The number of allylic oxidation sites excluding steroid dienone is 2. The highest BCUT2D eigenvalue weighted by atomic mass is 16.4. The molecule has 1 rings (SSSR count). The monoisotopic (exact) mass is 224 g/mol. The van der Waals surface area contributed by atoms with Crippen LogP contribution in [0.1, 0.15) is 53.9 Å². The van der Waals surface area contributed by atoms with E-state index in [4.69, 9.17) is 0 Å². The number of carboxylic acids is 1. The first-order valence-corrected chi connectivity index (χ1v) is 6.22. The molecule has 1 aliphatic rings. The number of hydrogen-bond donors (Lipinski definition) is 1. The number of rotatable bonds is 3. The zero-order valence-corrected chi connectivity index (χ0v) is 11.1. The zero-order chi connectivity index (χ0) is 12.5. The molecule has 0 radical (unpaired) electrons. The van der Waals surface area contributed by atoms with Gasteiger partial charge < -0.3 is 5.11 Å². The van der Waals surface area contributed by atoms with Crippen LogP contribution in [0.15, 0.2) is 11.1 Å². The van der Waals surface area contributed by atoms with Gasteiger partial charge >= 0.3 is 5.97 Å². The van der Waals surface area contributed by atoms with E-state index in [0.717, 1.165) is 19.3 Å². The van der Waals surface area contributed by atoms with Crippen LogP contribution in [0.2, 0.25) is 0 Å². The topological polar surface area (TPSA) is 37.3 Å². The Morgan fingerprint density at radius 3 is 2.56 bits per heavy atom.